The Hall–Kier alpha value is -3.20. The van der Waals surface area contributed by atoms with Crippen molar-refractivity contribution in [2.24, 2.45) is 4.99 Å². The summed E-state index contributed by atoms with van der Waals surface area (Å²) >= 11 is 0. The molecule has 0 radical (unpaired) electrons. The van der Waals surface area contributed by atoms with E-state index in [1.165, 1.54) is 24.3 Å². The number of nitro benzene ring substituents is 1. The molecule has 0 aliphatic carbocycles. The third kappa shape index (κ3) is 3.46. The molecule has 0 atom stereocenters. The van der Waals surface area contributed by atoms with Crippen LogP contribution < -0.4 is 4.90 Å². The Morgan fingerprint density at radius 1 is 1.14 bits per heavy atom. The molecule has 0 aromatic heterocycles. The van der Waals surface area contributed by atoms with Crippen LogP contribution >= 0.6 is 0 Å². The molecule has 0 heterocycles. The molecular formula is C16H14N4O2. The van der Waals surface area contributed by atoms with Gasteiger partial charge in [-0.3, -0.25) is 10.1 Å². The highest BCUT2D eigenvalue weighted by atomic mass is 16.6. The molecule has 6 nitrogen and oxygen atoms in total. The third-order valence-electron chi connectivity index (χ3n) is 3.06. The number of anilines is 1. The SMILES string of the molecule is CN(C)c1ccc(N=C(C#N)c2ccc([N+](=O)[O-])cc2)cc1. The van der Waals surface area contributed by atoms with Crippen molar-refractivity contribution in [3.63, 3.8) is 0 Å². The number of rotatable bonds is 4. The maximum Gasteiger partial charge on any atom is 0.269 e. The number of nitriles is 1. The van der Waals surface area contributed by atoms with Gasteiger partial charge in [0.2, 0.25) is 0 Å². The van der Waals surface area contributed by atoms with Crippen LogP contribution in [-0.4, -0.2) is 24.7 Å². The summed E-state index contributed by atoms with van der Waals surface area (Å²) in [6.45, 7) is 0. The molecule has 2 aromatic carbocycles. The summed E-state index contributed by atoms with van der Waals surface area (Å²) in [4.78, 5) is 16.4. The second-order valence-electron chi connectivity index (χ2n) is 4.79. The van der Waals surface area contributed by atoms with E-state index >= 15 is 0 Å². The van der Waals surface area contributed by atoms with Gasteiger partial charge in [0.25, 0.3) is 5.69 Å². The summed E-state index contributed by atoms with van der Waals surface area (Å²) in [5.74, 6) is 0. The standard InChI is InChI=1S/C16H14N4O2/c1-19(2)14-9-5-13(6-10-14)18-16(11-17)12-3-7-15(8-4-12)20(21)22/h3-10H,1-2H3. The fourth-order valence-corrected chi connectivity index (χ4v) is 1.85. The summed E-state index contributed by atoms with van der Waals surface area (Å²) in [5.41, 5.74) is 2.43. The maximum atomic E-state index is 10.6. The smallest absolute Gasteiger partial charge is 0.269 e. The van der Waals surface area contributed by atoms with E-state index in [9.17, 15) is 15.4 Å². The van der Waals surface area contributed by atoms with Crippen molar-refractivity contribution in [1.29, 1.82) is 5.26 Å². The molecule has 0 bridgehead atoms. The highest BCUT2D eigenvalue weighted by Gasteiger charge is 2.08. The van der Waals surface area contributed by atoms with Crippen molar-refractivity contribution in [1.82, 2.24) is 0 Å². The van der Waals surface area contributed by atoms with Crippen LogP contribution in [0.15, 0.2) is 53.5 Å². The third-order valence-corrected chi connectivity index (χ3v) is 3.06. The lowest BCUT2D eigenvalue weighted by atomic mass is 10.1. The lowest BCUT2D eigenvalue weighted by Gasteiger charge is -2.11. The molecule has 6 heteroatoms. The summed E-state index contributed by atoms with van der Waals surface area (Å²) < 4.78 is 0. The van der Waals surface area contributed by atoms with Gasteiger partial charge in [-0.2, -0.15) is 5.26 Å². The predicted molar refractivity (Wildman–Crippen MR) is 85.7 cm³/mol. The Balaban J connectivity index is 2.31. The first-order chi connectivity index (χ1) is 10.5. The number of benzene rings is 2. The molecule has 0 aliphatic rings. The second-order valence-corrected chi connectivity index (χ2v) is 4.79. The van der Waals surface area contributed by atoms with E-state index in [4.69, 9.17) is 0 Å². The van der Waals surface area contributed by atoms with Gasteiger partial charge in [-0.05, 0) is 36.4 Å². The van der Waals surface area contributed by atoms with Crippen LogP contribution in [0.4, 0.5) is 17.1 Å². The lowest BCUT2D eigenvalue weighted by Crippen LogP contribution is -2.07. The second kappa shape index (κ2) is 6.50. The first-order valence-electron chi connectivity index (χ1n) is 6.52. The highest BCUT2D eigenvalue weighted by molar-refractivity contribution is 6.12. The Bertz CT molecular complexity index is 741. The van der Waals surface area contributed by atoms with E-state index in [1.54, 1.807) is 0 Å². The van der Waals surface area contributed by atoms with Crippen molar-refractivity contribution in [3.05, 3.63) is 64.2 Å². The van der Waals surface area contributed by atoms with Crippen LogP contribution in [0.5, 0.6) is 0 Å². The number of nitrogens with zero attached hydrogens (tertiary/aromatic N) is 4. The van der Waals surface area contributed by atoms with E-state index in [0.717, 1.165) is 5.69 Å². The first-order valence-corrected chi connectivity index (χ1v) is 6.52. The van der Waals surface area contributed by atoms with E-state index in [2.05, 4.69) is 4.99 Å². The van der Waals surface area contributed by atoms with E-state index in [0.29, 0.717) is 11.3 Å². The van der Waals surface area contributed by atoms with Crippen LogP contribution in [0.2, 0.25) is 0 Å². The van der Waals surface area contributed by atoms with E-state index in [1.807, 2.05) is 49.3 Å². The molecule has 0 saturated carbocycles. The zero-order valence-corrected chi connectivity index (χ0v) is 12.2. The normalized spacial score (nSPS) is 10.9. The molecule has 0 aliphatic heterocycles. The minimum absolute atomic E-state index is 0.0172. The van der Waals surface area contributed by atoms with Crippen LogP contribution in [0, 0.1) is 21.4 Å². The van der Waals surface area contributed by atoms with Gasteiger partial charge >= 0.3 is 0 Å². The molecule has 0 unspecified atom stereocenters. The number of nitro groups is 1. The van der Waals surface area contributed by atoms with Gasteiger partial charge in [-0.25, -0.2) is 4.99 Å². The molecule has 110 valence electrons. The number of non-ortho nitro benzene ring substituents is 1. The Kier molecular flexibility index (Phi) is 4.49. The average molecular weight is 294 g/mol. The lowest BCUT2D eigenvalue weighted by molar-refractivity contribution is -0.384. The van der Waals surface area contributed by atoms with Crippen molar-refractivity contribution < 1.29 is 4.92 Å². The Labute approximate surface area is 128 Å². The molecule has 2 rings (SSSR count). The van der Waals surface area contributed by atoms with Crippen LogP contribution in [0.1, 0.15) is 5.56 Å². The highest BCUT2D eigenvalue weighted by Crippen LogP contribution is 2.20. The maximum absolute atomic E-state index is 10.6. The quantitative estimate of drug-likeness (QED) is 0.492. The largest absolute Gasteiger partial charge is 0.378 e. The molecular weight excluding hydrogens is 280 g/mol. The van der Waals surface area contributed by atoms with Crippen molar-refractivity contribution in [2.75, 3.05) is 19.0 Å². The number of aliphatic imine (C=N–C) groups is 1. The monoisotopic (exact) mass is 294 g/mol. The van der Waals surface area contributed by atoms with Gasteiger partial charge in [-0.1, -0.05) is 0 Å². The fraction of sp³-hybridized carbons (Fsp3) is 0.125. The van der Waals surface area contributed by atoms with Crippen LogP contribution in [0.3, 0.4) is 0 Å². The average Bonchev–Trinajstić information content (AvgIpc) is 2.53. The van der Waals surface area contributed by atoms with Crippen LogP contribution in [0.25, 0.3) is 0 Å². The summed E-state index contributed by atoms with van der Waals surface area (Å²) in [7, 11) is 3.88. The van der Waals surface area contributed by atoms with Crippen molar-refractivity contribution in [3.8, 4) is 6.07 Å². The first kappa shape index (κ1) is 15.2. The van der Waals surface area contributed by atoms with Crippen molar-refractivity contribution >= 4 is 22.8 Å². The van der Waals surface area contributed by atoms with Gasteiger partial charge in [0.05, 0.1) is 10.6 Å². The van der Waals surface area contributed by atoms with Gasteiger partial charge < -0.3 is 4.90 Å². The van der Waals surface area contributed by atoms with Crippen molar-refractivity contribution in [2.45, 2.75) is 0 Å². The minimum atomic E-state index is -0.479. The topological polar surface area (TPSA) is 82.5 Å². The van der Waals surface area contributed by atoms with E-state index in [-0.39, 0.29) is 11.4 Å². The Morgan fingerprint density at radius 2 is 1.73 bits per heavy atom. The Morgan fingerprint density at radius 3 is 2.18 bits per heavy atom. The summed E-state index contributed by atoms with van der Waals surface area (Å²) in [6, 6.07) is 15.2. The predicted octanol–water partition coefficient (Wildman–Crippen LogP) is 3.31. The zero-order valence-electron chi connectivity index (χ0n) is 12.2. The summed E-state index contributed by atoms with van der Waals surface area (Å²) in [5, 5.41) is 19.9. The van der Waals surface area contributed by atoms with Gasteiger partial charge in [0.15, 0.2) is 0 Å². The molecule has 0 fully saturated rings. The molecule has 0 amide bonds. The van der Waals surface area contributed by atoms with Crippen LogP contribution in [-0.2, 0) is 0 Å². The summed E-state index contributed by atoms with van der Waals surface area (Å²) in [6.07, 6.45) is 0. The minimum Gasteiger partial charge on any atom is -0.378 e. The van der Waals surface area contributed by atoms with Gasteiger partial charge in [0, 0.05) is 37.5 Å². The fourth-order valence-electron chi connectivity index (χ4n) is 1.85. The number of hydrogen-bond acceptors (Lipinski definition) is 5. The molecule has 0 spiro atoms. The number of hydrogen-bond donors (Lipinski definition) is 0. The molecule has 0 saturated heterocycles. The molecule has 22 heavy (non-hydrogen) atoms. The van der Waals surface area contributed by atoms with Gasteiger partial charge in [-0.15, -0.1) is 0 Å². The van der Waals surface area contributed by atoms with E-state index < -0.39 is 4.92 Å². The molecule has 0 N–H and O–H groups in total. The zero-order chi connectivity index (χ0) is 16.1. The molecule has 2 aromatic rings. The van der Waals surface area contributed by atoms with Gasteiger partial charge in [0.1, 0.15) is 11.8 Å².